The Hall–Kier alpha value is -1.88. The van der Waals surface area contributed by atoms with E-state index < -0.39 is 0 Å². The SMILES string of the molecule is O=c1[nH]n(-c2ccccc2F)c2c1CNCC2. The molecule has 2 heterocycles. The molecule has 2 N–H and O–H groups in total. The number of aromatic amines is 1. The second kappa shape index (κ2) is 3.85. The van der Waals surface area contributed by atoms with Gasteiger partial charge in [0.2, 0.25) is 0 Å². The van der Waals surface area contributed by atoms with Crippen LogP contribution in [-0.2, 0) is 13.0 Å². The van der Waals surface area contributed by atoms with Gasteiger partial charge in [-0.3, -0.25) is 14.6 Å². The van der Waals surface area contributed by atoms with Gasteiger partial charge in [0.05, 0.1) is 16.9 Å². The topological polar surface area (TPSA) is 49.8 Å². The summed E-state index contributed by atoms with van der Waals surface area (Å²) in [6.07, 6.45) is 0.725. The number of halogens is 1. The summed E-state index contributed by atoms with van der Waals surface area (Å²) in [5, 5.41) is 5.83. The molecule has 1 aromatic heterocycles. The van der Waals surface area contributed by atoms with Crippen LogP contribution in [0.2, 0.25) is 0 Å². The van der Waals surface area contributed by atoms with Crippen LogP contribution in [0.15, 0.2) is 29.1 Å². The van der Waals surface area contributed by atoms with Crippen LogP contribution in [0.3, 0.4) is 0 Å². The zero-order valence-electron chi connectivity index (χ0n) is 9.16. The summed E-state index contributed by atoms with van der Waals surface area (Å²) in [4.78, 5) is 11.7. The van der Waals surface area contributed by atoms with Crippen molar-refractivity contribution in [1.82, 2.24) is 15.1 Å². The predicted molar refractivity (Wildman–Crippen MR) is 61.8 cm³/mol. The third kappa shape index (κ3) is 1.59. The van der Waals surface area contributed by atoms with E-state index in [9.17, 15) is 9.18 Å². The lowest BCUT2D eigenvalue weighted by Gasteiger charge is -2.15. The maximum atomic E-state index is 13.7. The van der Waals surface area contributed by atoms with Gasteiger partial charge in [-0.05, 0) is 12.1 Å². The van der Waals surface area contributed by atoms with E-state index in [1.54, 1.807) is 22.9 Å². The van der Waals surface area contributed by atoms with Crippen molar-refractivity contribution in [1.29, 1.82) is 0 Å². The molecule has 17 heavy (non-hydrogen) atoms. The van der Waals surface area contributed by atoms with E-state index in [2.05, 4.69) is 10.4 Å². The lowest BCUT2D eigenvalue weighted by Crippen LogP contribution is -2.27. The van der Waals surface area contributed by atoms with Crippen LogP contribution in [0.1, 0.15) is 11.3 Å². The molecule has 1 aromatic carbocycles. The minimum absolute atomic E-state index is 0.143. The van der Waals surface area contributed by atoms with Crippen LogP contribution < -0.4 is 10.9 Å². The molecule has 0 spiro atoms. The van der Waals surface area contributed by atoms with Crippen molar-refractivity contribution in [2.45, 2.75) is 13.0 Å². The highest BCUT2D eigenvalue weighted by Gasteiger charge is 2.19. The van der Waals surface area contributed by atoms with Gasteiger partial charge in [0, 0.05) is 19.5 Å². The molecule has 0 saturated heterocycles. The van der Waals surface area contributed by atoms with Gasteiger partial charge in [-0.2, -0.15) is 0 Å². The molecule has 1 aliphatic heterocycles. The van der Waals surface area contributed by atoms with Crippen molar-refractivity contribution in [3.8, 4) is 5.69 Å². The van der Waals surface area contributed by atoms with Crippen molar-refractivity contribution < 1.29 is 4.39 Å². The molecule has 0 fully saturated rings. The number of hydrogen-bond donors (Lipinski definition) is 2. The van der Waals surface area contributed by atoms with Crippen LogP contribution in [-0.4, -0.2) is 16.3 Å². The second-order valence-electron chi connectivity index (χ2n) is 4.08. The van der Waals surface area contributed by atoms with Gasteiger partial charge in [0.25, 0.3) is 5.56 Å². The molecule has 0 amide bonds. The van der Waals surface area contributed by atoms with Crippen LogP contribution in [0.25, 0.3) is 5.69 Å². The molecule has 4 nitrogen and oxygen atoms in total. The highest BCUT2D eigenvalue weighted by atomic mass is 19.1. The third-order valence-electron chi connectivity index (χ3n) is 3.04. The molecular formula is C12H12FN3O. The minimum atomic E-state index is -0.333. The smallest absolute Gasteiger partial charge is 0.269 e. The molecule has 3 rings (SSSR count). The number of fused-ring (bicyclic) bond motifs is 1. The van der Waals surface area contributed by atoms with E-state index in [0.717, 1.165) is 18.7 Å². The summed E-state index contributed by atoms with van der Waals surface area (Å²) in [6, 6.07) is 6.44. The lowest BCUT2D eigenvalue weighted by atomic mass is 10.1. The summed E-state index contributed by atoms with van der Waals surface area (Å²) in [6.45, 7) is 1.35. The highest BCUT2D eigenvalue weighted by Crippen LogP contribution is 2.17. The molecule has 0 atom stereocenters. The zero-order chi connectivity index (χ0) is 11.8. The minimum Gasteiger partial charge on any atom is -0.312 e. The van der Waals surface area contributed by atoms with Crippen molar-refractivity contribution in [3.05, 3.63) is 51.7 Å². The summed E-state index contributed by atoms with van der Waals surface area (Å²) >= 11 is 0. The number of hydrogen-bond acceptors (Lipinski definition) is 2. The molecule has 2 aromatic rings. The summed E-state index contributed by atoms with van der Waals surface area (Å²) in [5.41, 5.74) is 1.83. The van der Waals surface area contributed by atoms with Gasteiger partial charge in [-0.25, -0.2) is 4.39 Å². The van der Waals surface area contributed by atoms with E-state index in [4.69, 9.17) is 0 Å². The Kier molecular flexibility index (Phi) is 2.33. The Labute approximate surface area is 97.1 Å². The molecule has 0 unspecified atom stereocenters. The van der Waals surface area contributed by atoms with Gasteiger partial charge in [-0.1, -0.05) is 12.1 Å². The molecule has 0 bridgehead atoms. The van der Waals surface area contributed by atoms with Gasteiger partial charge in [0.1, 0.15) is 5.82 Å². The van der Waals surface area contributed by atoms with E-state index in [1.165, 1.54) is 6.07 Å². The Balaban J connectivity index is 2.22. The first-order valence-electron chi connectivity index (χ1n) is 5.56. The monoisotopic (exact) mass is 233 g/mol. The standard InChI is InChI=1S/C12H12FN3O/c13-9-3-1-2-4-11(9)16-10-5-6-14-7-8(10)12(17)15-16/h1-4,14H,5-7H2,(H,15,17). The van der Waals surface area contributed by atoms with Gasteiger partial charge in [-0.15, -0.1) is 0 Å². The van der Waals surface area contributed by atoms with Crippen LogP contribution in [0.5, 0.6) is 0 Å². The summed E-state index contributed by atoms with van der Waals surface area (Å²) in [7, 11) is 0. The first kappa shape index (κ1) is 10.3. The Morgan fingerprint density at radius 1 is 1.29 bits per heavy atom. The number of benzene rings is 1. The average Bonchev–Trinajstić information content (AvgIpc) is 2.68. The molecule has 0 radical (unpaired) electrons. The Bertz CT molecular complexity index is 614. The van der Waals surface area contributed by atoms with Gasteiger partial charge < -0.3 is 5.32 Å². The lowest BCUT2D eigenvalue weighted by molar-refractivity contribution is 0.591. The van der Waals surface area contributed by atoms with Crippen LogP contribution in [0, 0.1) is 5.82 Å². The average molecular weight is 233 g/mol. The number of nitrogens with one attached hydrogen (secondary N) is 2. The zero-order valence-corrected chi connectivity index (χ0v) is 9.16. The van der Waals surface area contributed by atoms with E-state index in [1.807, 2.05) is 0 Å². The molecular weight excluding hydrogens is 221 g/mol. The number of para-hydroxylation sites is 1. The maximum absolute atomic E-state index is 13.7. The van der Waals surface area contributed by atoms with Crippen LogP contribution in [0.4, 0.5) is 4.39 Å². The number of H-pyrrole nitrogens is 1. The normalized spacial score (nSPS) is 14.6. The van der Waals surface area contributed by atoms with Gasteiger partial charge >= 0.3 is 0 Å². The fourth-order valence-corrected chi connectivity index (χ4v) is 2.21. The largest absolute Gasteiger partial charge is 0.312 e. The highest BCUT2D eigenvalue weighted by molar-refractivity contribution is 5.37. The maximum Gasteiger partial charge on any atom is 0.269 e. The summed E-state index contributed by atoms with van der Waals surface area (Å²) < 4.78 is 15.3. The summed E-state index contributed by atoms with van der Waals surface area (Å²) in [5.74, 6) is -0.333. The van der Waals surface area contributed by atoms with Gasteiger partial charge in [0.15, 0.2) is 0 Å². The molecule has 0 aliphatic carbocycles. The second-order valence-corrected chi connectivity index (χ2v) is 4.08. The molecule has 1 aliphatic rings. The Morgan fingerprint density at radius 3 is 2.94 bits per heavy atom. The molecule has 88 valence electrons. The fraction of sp³-hybridized carbons (Fsp3) is 0.250. The van der Waals surface area contributed by atoms with E-state index in [-0.39, 0.29) is 11.4 Å². The molecule has 5 heteroatoms. The van der Waals surface area contributed by atoms with Crippen molar-refractivity contribution in [2.24, 2.45) is 0 Å². The first-order chi connectivity index (χ1) is 8.27. The first-order valence-corrected chi connectivity index (χ1v) is 5.56. The molecule has 0 saturated carbocycles. The van der Waals surface area contributed by atoms with E-state index >= 15 is 0 Å². The number of aromatic nitrogens is 2. The van der Waals surface area contributed by atoms with E-state index in [0.29, 0.717) is 17.8 Å². The number of nitrogens with zero attached hydrogens (tertiary/aromatic N) is 1. The van der Waals surface area contributed by atoms with Crippen molar-refractivity contribution >= 4 is 0 Å². The van der Waals surface area contributed by atoms with Crippen molar-refractivity contribution in [3.63, 3.8) is 0 Å². The quantitative estimate of drug-likeness (QED) is 0.770. The third-order valence-corrected chi connectivity index (χ3v) is 3.04. The Morgan fingerprint density at radius 2 is 2.12 bits per heavy atom. The number of rotatable bonds is 1. The van der Waals surface area contributed by atoms with Crippen molar-refractivity contribution in [2.75, 3.05) is 6.54 Å². The fourth-order valence-electron chi connectivity index (χ4n) is 2.21. The van der Waals surface area contributed by atoms with Crippen LogP contribution >= 0.6 is 0 Å². The predicted octanol–water partition coefficient (Wildman–Crippen LogP) is 0.950.